The van der Waals surface area contributed by atoms with Crippen molar-refractivity contribution in [3.8, 4) is 5.75 Å². The molecule has 0 saturated heterocycles. The monoisotopic (exact) mass is 330 g/mol. The predicted molar refractivity (Wildman–Crippen MR) is 92.7 cm³/mol. The lowest BCUT2D eigenvalue weighted by molar-refractivity contribution is 0.0948. The van der Waals surface area contributed by atoms with Crippen molar-refractivity contribution < 1.29 is 13.9 Å². The fourth-order valence-electron chi connectivity index (χ4n) is 2.48. The van der Waals surface area contributed by atoms with Crippen molar-refractivity contribution in [1.82, 2.24) is 10.2 Å². The van der Waals surface area contributed by atoms with Gasteiger partial charge in [-0.3, -0.25) is 4.79 Å². The SMILES string of the molecule is COc1ccc(F)cc1C(=O)NCCCN(C)Cc1ccccc1. The molecule has 2 aromatic rings. The van der Waals surface area contributed by atoms with E-state index in [1.807, 2.05) is 25.2 Å². The zero-order valence-corrected chi connectivity index (χ0v) is 14.1. The standard InChI is InChI=1S/C19H23FN2O2/c1-22(14-15-7-4-3-5-8-15)12-6-11-21-19(23)17-13-16(20)9-10-18(17)24-2/h3-5,7-10,13H,6,11-12,14H2,1-2H3,(H,21,23). The van der Waals surface area contributed by atoms with Crippen molar-refractivity contribution in [3.05, 3.63) is 65.5 Å². The van der Waals surface area contributed by atoms with Gasteiger partial charge in [0, 0.05) is 13.1 Å². The summed E-state index contributed by atoms with van der Waals surface area (Å²) < 4.78 is 18.4. The summed E-state index contributed by atoms with van der Waals surface area (Å²) in [5, 5.41) is 2.81. The Hall–Kier alpha value is -2.40. The molecule has 0 heterocycles. The highest BCUT2D eigenvalue weighted by atomic mass is 19.1. The predicted octanol–water partition coefficient (Wildman–Crippen LogP) is 3.09. The Morgan fingerprint density at radius 1 is 1.21 bits per heavy atom. The molecule has 4 nitrogen and oxygen atoms in total. The molecule has 0 fully saturated rings. The van der Waals surface area contributed by atoms with E-state index in [1.54, 1.807) is 0 Å². The second-order valence-electron chi connectivity index (χ2n) is 5.68. The minimum atomic E-state index is -0.455. The van der Waals surface area contributed by atoms with Crippen molar-refractivity contribution in [2.75, 3.05) is 27.2 Å². The largest absolute Gasteiger partial charge is 0.496 e. The quantitative estimate of drug-likeness (QED) is 0.756. The van der Waals surface area contributed by atoms with Crippen LogP contribution in [0.2, 0.25) is 0 Å². The van der Waals surface area contributed by atoms with Gasteiger partial charge in [0.25, 0.3) is 5.91 Å². The molecule has 2 aromatic carbocycles. The van der Waals surface area contributed by atoms with Gasteiger partial charge in [-0.2, -0.15) is 0 Å². The van der Waals surface area contributed by atoms with E-state index in [-0.39, 0.29) is 11.5 Å². The van der Waals surface area contributed by atoms with Gasteiger partial charge in [0.1, 0.15) is 11.6 Å². The molecule has 1 amide bonds. The molecule has 0 unspecified atom stereocenters. The van der Waals surface area contributed by atoms with Crippen LogP contribution in [0.1, 0.15) is 22.3 Å². The second kappa shape index (κ2) is 9.03. The Bertz CT molecular complexity index is 662. The molecule has 1 N–H and O–H groups in total. The summed E-state index contributed by atoms with van der Waals surface area (Å²) in [5.41, 5.74) is 1.48. The summed E-state index contributed by atoms with van der Waals surface area (Å²) in [6.07, 6.45) is 0.812. The highest BCUT2D eigenvalue weighted by molar-refractivity contribution is 5.96. The van der Waals surface area contributed by atoms with Gasteiger partial charge >= 0.3 is 0 Å². The maximum atomic E-state index is 13.3. The first-order valence-corrected chi connectivity index (χ1v) is 7.94. The van der Waals surface area contributed by atoms with Gasteiger partial charge in [-0.15, -0.1) is 0 Å². The van der Waals surface area contributed by atoms with Crippen LogP contribution in [0.4, 0.5) is 4.39 Å². The van der Waals surface area contributed by atoms with Gasteiger partial charge in [0.2, 0.25) is 0 Å². The van der Waals surface area contributed by atoms with E-state index in [2.05, 4.69) is 22.3 Å². The lowest BCUT2D eigenvalue weighted by atomic mass is 10.1. The molecule has 0 radical (unpaired) electrons. The van der Waals surface area contributed by atoms with E-state index in [4.69, 9.17) is 4.74 Å². The number of halogens is 1. The van der Waals surface area contributed by atoms with Crippen molar-refractivity contribution in [1.29, 1.82) is 0 Å². The van der Waals surface area contributed by atoms with Crippen LogP contribution in [0, 0.1) is 5.82 Å². The number of benzene rings is 2. The summed E-state index contributed by atoms with van der Waals surface area (Å²) in [4.78, 5) is 14.3. The number of methoxy groups -OCH3 is 1. The zero-order valence-electron chi connectivity index (χ0n) is 14.1. The molecule has 0 bridgehead atoms. The molecular weight excluding hydrogens is 307 g/mol. The van der Waals surface area contributed by atoms with Crippen LogP contribution >= 0.6 is 0 Å². The smallest absolute Gasteiger partial charge is 0.255 e. The van der Waals surface area contributed by atoms with Crippen LogP contribution < -0.4 is 10.1 Å². The summed E-state index contributed by atoms with van der Waals surface area (Å²) in [5.74, 6) is -0.407. The lowest BCUT2D eigenvalue weighted by Crippen LogP contribution is -2.28. The normalized spacial score (nSPS) is 10.7. The first kappa shape index (κ1) is 17.9. The average Bonchev–Trinajstić information content (AvgIpc) is 2.59. The van der Waals surface area contributed by atoms with Crippen LogP contribution in [-0.4, -0.2) is 38.1 Å². The third kappa shape index (κ3) is 5.35. The molecular formula is C19H23FN2O2. The minimum Gasteiger partial charge on any atom is -0.496 e. The van der Waals surface area contributed by atoms with Crippen molar-refractivity contribution in [2.45, 2.75) is 13.0 Å². The lowest BCUT2D eigenvalue weighted by Gasteiger charge is -2.17. The van der Waals surface area contributed by atoms with Crippen LogP contribution in [0.25, 0.3) is 0 Å². The highest BCUT2D eigenvalue weighted by Crippen LogP contribution is 2.19. The topological polar surface area (TPSA) is 41.6 Å². The summed E-state index contributed by atoms with van der Waals surface area (Å²) >= 11 is 0. The van der Waals surface area contributed by atoms with Gasteiger partial charge in [0.05, 0.1) is 12.7 Å². The Labute approximate surface area is 142 Å². The van der Waals surface area contributed by atoms with Crippen molar-refractivity contribution in [3.63, 3.8) is 0 Å². The number of carbonyl (C=O) groups is 1. The Morgan fingerprint density at radius 3 is 2.67 bits per heavy atom. The molecule has 0 aliphatic carbocycles. The zero-order chi connectivity index (χ0) is 17.4. The van der Waals surface area contributed by atoms with E-state index >= 15 is 0 Å². The molecule has 0 aliphatic rings. The molecule has 0 aliphatic heterocycles. The third-order valence-electron chi connectivity index (χ3n) is 3.70. The Kier molecular flexibility index (Phi) is 6.75. The fourth-order valence-corrected chi connectivity index (χ4v) is 2.48. The first-order valence-electron chi connectivity index (χ1n) is 7.94. The first-order chi connectivity index (χ1) is 11.6. The molecule has 0 atom stereocenters. The summed E-state index contributed by atoms with van der Waals surface area (Å²) in [6.45, 7) is 2.25. The van der Waals surface area contributed by atoms with Crippen molar-refractivity contribution >= 4 is 5.91 Å². The van der Waals surface area contributed by atoms with Gasteiger partial charge in [0.15, 0.2) is 0 Å². The van der Waals surface area contributed by atoms with Crippen LogP contribution in [-0.2, 0) is 6.54 Å². The van der Waals surface area contributed by atoms with Gasteiger partial charge < -0.3 is 15.0 Å². The molecule has 5 heteroatoms. The van der Waals surface area contributed by atoms with Gasteiger partial charge in [-0.25, -0.2) is 4.39 Å². The van der Waals surface area contributed by atoms with Crippen LogP contribution in [0.5, 0.6) is 5.75 Å². The van der Waals surface area contributed by atoms with E-state index < -0.39 is 5.82 Å². The Balaban J connectivity index is 1.76. The van der Waals surface area contributed by atoms with E-state index in [0.29, 0.717) is 12.3 Å². The number of hydrogen-bond donors (Lipinski definition) is 1. The fraction of sp³-hybridized carbons (Fsp3) is 0.316. The highest BCUT2D eigenvalue weighted by Gasteiger charge is 2.12. The maximum absolute atomic E-state index is 13.3. The van der Waals surface area contributed by atoms with Crippen LogP contribution in [0.3, 0.4) is 0 Å². The molecule has 128 valence electrons. The second-order valence-corrected chi connectivity index (χ2v) is 5.68. The number of rotatable bonds is 8. The molecule has 0 spiro atoms. The van der Waals surface area contributed by atoms with Crippen LogP contribution in [0.15, 0.2) is 48.5 Å². The third-order valence-corrected chi connectivity index (χ3v) is 3.70. The summed E-state index contributed by atoms with van der Waals surface area (Å²) in [6, 6.07) is 14.1. The number of amides is 1. The number of carbonyl (C=O) groups excluding carboxylic acids is 1. The summed E-state index contributed by atoms with van der Waals surface area (Å²) in [7, 11) is 3.51. The van der Waals surface area contributed by atoms with E-state index in [0.717, 1.165) is 19.5 Å². The number of hydrogen-bond acceptors (Lipinski definition) is 3. The number of ether oxygens (including phenoxy) is 1. The molecule has 2 rings (SSSR count). The minimum absolute atomic E-state index is 0.218. The number of nitrogens with zero attached hydrogens (tertiary/aromatic N) is 1. The van der Waals surface area contributed by atoms with Gasteiger partial charge in [-0.1, -0.05) is 30.3 Å². The Morgan fingerprint density at radius 2 is 1.96 bits per heavy atom. The number of nitrogens with one attached hydrogen (secondary N) is 1. The molecule has 24 heavy (non-hydrogen) atoms. The van der Waals surface area contributed by atoms with Gasteiger partial charge in [-0.05, 0) is 43.8 Å². The maximum Gasteiger partial charge on any atom is 0.255 e. The molecule has 0 saturated carbocycles. The van der Waals surface area contributed by atoms with Crippen molar-refractivity contribution in [2.24, 2.45) is 0 Å². The van der Waals surface area contributed by atoms with E-state index in [9.17, 15) is 9.18 Å². The molecule has 0 aromatic heterocycles. The average molecular weight is 330 g/mol. The van der Waals surface area contributed by atoms with E-state index in [1.165, 1.54) is 30.9 Å².